The van der Waals surface area contributed by atoms with Crippen LogP contribution < -0.4 is 16.4 Å². The molecule has 1 heterocycles. The van der Waals surface area contributed by atoms with E-state index in [0.29, 0.717) is 0 Å². The van der Waals surface area contributed by atoms with E-state index in [4.69, 9.17) is 5.73 Å². The molecule has 1 aromatic rings. The summed E-state index contributed by atoms with van der Waals surface area (Å²) in [4.78, 5) is 22.5. The summed E-state index contributed by atoms with van der Waals surface area (Å²) in [5.41, 5.74) is 5.16. The van der Waals surface area contributed by atoms with Crippen LogP contribution in [-0.2, 0) is 4.79 Å². The Morgan fingerprint density at radius 3 is 2.60 bits per heavy atom. The van der Waals surface area contributed by atoms with Gasteiger partial charge in [0.25, 0.3) is 5.91 Å². The van der Waals surface area contributed by atoms with Crippen LogP contribution in [0.25, 0.3) is 0 Å². The van der Waals surface area contributed by atoms with E-state index in [-0.39, 0.29) is 17.4 Å². The van der Waals surface area contributed by atoms with Crippen LogP contribution in [0, 0.1) is 0 Å². The number of nitrogens with zero attached hydrogens (tertiary/aromatic N) is 2. The molecule has 0 fully saturated rings. The number of nitrogen functional groups attached to an aromatic ring is 1. The van der Waals surface area contributed by atoms with Crippen LogP contribution in [0.3, 0.4) is 0 Å². The van der Waals surface area contributed by atoms with Crippen LogP contribution in [0.15, 0.2) is 4.63 Å². The Morgan fingerprint density at radius 2 is 2.13 bits per heavy atom. The first kappa shape index (κ1) is 11.0. The largest absolute Gasteiger partial charge is 0.379 e. The van der Waals surface area contributed by atoms with Gasteiger partial charge in [0.1, 0.15) is 6.04 Å². The molecule has 8 nitrogen and oxygen atoms in total. The Labute approximate surface area is 85.2 Å². The fourth-order valence-corrected chi connectivity index (χ4v) is 0.900. The zero-order valence-electron chi connectivity index (χ0n) is 8.27. The van der Waals surface area contributed by atoms with Crippen molar-refractivity contribution in [3.63, 3.8) is 0 Å². The maximum absolute atomic E-state index is 11.4. The van der Waals surface area contributed by atoms with Gasteiger partial charge < -0.3 is 16.4 Å². The van der Waals surface area contributed by atoms with Crippen LogP contribution >= 0.6 is 0 Å². The third kappa shape index (κ3) is 2.42. The van der Waals surface area contributed by atoms with Crippen LogP contribution in [0.5, 0.6) is 0 Å². The molecule has 0 spiro atoms. The minimum atomic E-state index is -0.682. The lowest BCUT2D eigenvalue weighted by Gasteiger charge is -2.10. The third-order valence-electron chi connectivity index (χ3n) is 1.72. The number of likely N-dealkylation sites (N-methyl/N-ethyl adjacent to an activating group) is 1. The zero-order valence-corrected chi connectivity index (χ0v) is 8.27. The average Bonchev–Trinajstić information content (AvgIpc) is 2.63. The van der Waals surface area contributed by atoms with Crippen LogP contribution in [0.4, 0.5) is 5.82 Å². The number of hydrogen-bond acceptors (Lipinski definition) is 6. The van der Waals surface area contributed by atoms with E-state index in [1.165, 1.54) is 14.0 Å². The van der Waals surface area contributed by atoms with Crippen molar-refractivity contribution in [2.75, 3.05) is 12.8 Å². The van der Waals surface area contributed by atoms with Crippen molar-refractivity contribution in [1.82, 2.24) is 20.9 Å². The lowest BCUT2D eigenvalue weighted by molar-refractivity contribution is -0.122. The molecule has 1 unspecified atom stereocenters. The van der Waals surface area contributed by atoms with Crippen LogP contribution in [-0.4, -0.2) is 35.2 Å². The molecule has 1 rings (SSSR count). The summed E-state index contributed by atoms with van der Waals surface area (Å²) in [5.74, 6) is -1.04. The number of amides is 2. The molecule has 4 N–H and O–H groups in total. The molecule has 1 atom stereocenters. The molecule has 82 valence electrons. The molecule has 0 saturated heterocycles. The molecule has 0 aromatic carbocycles. The van der Waals surface area contributed by atoms with Gasteiger partial charge in [-0.25, -0.2) is 4.63 Å². The van der Waals surface area contributed by atoms with E-state index < -0.39 is 11.9 Å². The molecule has 0 radical (unpaired) electrons. The number of carbonyl (C=O) groups is 2. The van der Waals surface area contributed by atoms with Crippen molar-refractivity contribution in [2.24, 2.45) is 0 Å². The van der Waals surface area contributed by atoms with Gasteiger partial charge in [-0.05, 0) is 17.2 Å². The van der Waals surface area contributed by atoms with Crippen LogP contribution in [0.2, 0.25) is 0 Å². The van der Waals surface area contributed by atoms with Gasteiger partial charge in [-0.2, -0.15) is 0 Å². The predicted octanol–water partition coefficient (Wildman–Crippen LogP) is -1.48. The van der Waals surface area contributed by atoms with Gasteiger partial charge in [0.2, 0.25) is 17.4 Å². The van der Waals surface area contributed by atoms with Gasteiger partial charge >= 0.3 is 0 Å². The Kier molecular flexibility index (Phi) is 3.21. The molecule has 0 aliphatic heterocycles. The second-order valence-electron chi connectivity index (χ2n) is 2.81. The number of nitrogens with one attached hydrogen (secondary N) is 2. The molecule has 0 saturated carbocycles. The summed E-state index contributed by atoms with van der Waals surface area (Å²) >= 11 is 0. The highest BCUT2D eigenvalue weighted by Crippen LogP contribution is 2.03. The predicted molar refractivity (Wildman–Crippen MR) is 49.7 cm³/mol. The molecule has 1 aromatic heterocycles. The van der Waals surface area contributed by atoms with Gasteiger partial charge in [-0.15, -0.1) is 0 Å². The minimum absolute atomic E-state index is 0.114. The number of aromatic nitrogens is 2. The maximum Gasteiger partial charge on any atom is 0.278 e. The standard InChI is InChI=1S/C7H11N5O3/c1-3(6(13)9-2)10-7(14)4-5(8)12-15-11-4/h3H,1-2H3,(H2,8,12)(H,9,13)(H,10,14). The van der Waals surface area contributed by atoms with Crippen molar-refractivity contribution in [3.05, 3.63) is 5.69 Å². The van der Waals surface area contributed by atoms with Gasteiger partial charge in [0.05, 0.1) is 0 Å². The monoisotopic (exact) mass is 213 g/mol. The number of hydrogen-bond donors (Lipinski definition) is 3. The van der Waals surface area contributed by atoms with Gasteiger partial charge in [0, 0.05) is 7.05 Å². The lowest BCUT2D eigenvalue weighted by Crippen LogP contribution is -2.43. The Hall–Kier alpha value is -2.12. The third-order valence-corrected chi connectivity index (χ3v) is 1.72. The van der Waals surface area contributed by atoms with Crippen molar-refractivity contribution >= 4 is 17.6 Å². The molecule has 0 aliphatic carbocycles. The highest BCUT2D eigenvalue weighted by atomic mass is 16.6. The van der Waals surface area contributed by atoms with Crippen molar-refractivity contribution < 1.29 is 14.2 Å². The highest BCUT2D eigenvalue weighted by Gasteiger charge is 2.20. The number of carbonyl (C=O) groups excluding carboxylic acids is 2. The first-order valence-corrected chi connectivity index (χ1v) is 4.16. The van der Waals surface area contributed by atoms with E-state index in [2.05, 4.69) is 25.6 Å². The lowest BCUT2D eigenvalue weighted by atomic mass is 10.3. The maximum atomic E-state index is 11.4. The van der Waals surface area contributed by atoms with Gasteiger partial charge in [-0.3, -0.25) is 9.59 Å². The molecule has 0 aliphatic rings. The van der Waals surface area contributed by atoms with Gasteiger partial charge in [0.15, 0.2) is 0 Å². The van der Waals surface area contributed by atoms with E-state index >= 15 is 0 Å². The smallest absolute Gasteiger partial charge is 0.278 e. The van der Waals surface area contributed by atoms with E-state index in [1.807, 2.05) is 0 Å². The quantitative estimate of drug-likeness (QED) is 0.562. The summed E-state index contributed by atoms with van der Waals surface area (Å²) in [6.07, 6.45) is 0. The number of rotatable bonds is 3. The molecule has 2 amide bonds. The summed E-state index contributed by atoms with van der Waals surface area (Å²) in [6.45, 7) is 1.53. The number of anilines is 1. The van der Waals surface area contributed by atoms with Crippen LogP contribution in [0.1, 0.15) is 17.4 Å². The van der Waals surface area contributed by atoms with Gasteiger partial charge in [-0.1, -0.05) is 0 Å². The fraction of sp³-hybridized carbons (Fsp3) is 0.429. The summed E-state index contributed by atoms with van der Waals surface area (Å²) in [6, 6.07) is -0.682. The molecular formula is C7H11N5O3. The summed E-state index contributed by atoms with van der Waals surface area (Å²) in [7, 11) is 1.47. The zero-order chi connectivity index (χ0) is 11.4. The van der Waals surface area contributed by atoms with E-state index in [9.17, 15) is 9.59 Å². The van der Waals surface area contributed by atoms with Crippen molar-refractivity contribution in [3.8, 4) is 0 Å². The second kappa shape index (κ2) is 4.40. The summed E-state index contributed by atoms with van der Waals surface area (Å²) < 4.78 is 4.25. The molecular weight excluding hydrogens is 202 g/mol. The van der Waals surface area contributed by atoms with Crippen molar-refractivity contribution in [2.45, 2.75) is 13.0 Å². The first-order chi connectivity index (χ1) is 7.06. The Balaban J connectivity index is 2.64. The first-order valence-electron chi connectivity index (χ1n) is 4.16. The Morgan fingerprint density at radius 1 is 1.47 bits per heavy atom. The minimum Gasteiger partial charge on any atom is -0.379 e. The number of nitrogens with two attached hydrogens (primary N) is 1. The van der Waals surface area contributed by atoms with Crippen molar-refractivity contribution in [1.29, 1.82) is 0 Å². The SMILES string of the molecule is CNC(=O)C(C)NC(=O)c1nonc1N. The molecule has 0 bridgehead atoms. The van der Waals surface area contributed by atoms with E-state index in [0.717, 1.165) is 0 Å². The highest BCUT2D eigenvalue weighted by molar-refractivity contribution is 5.98. The average molecular weight is 213 g/mol. The topological polar surface area (TPSA) is 123 Å². The second-order valence-corrected chi connectivity index (χ2v) is 2.81. The summed E-state index contributed by atoms with van der Waals surface area (Å²) in [5, 5.41) is 11.3. The molecule has 15 heavy (non-hydrogen) atoms. The van der Waals surface area contributed by atoms with E-state index in [1.54, 1.807) is 0 Å². The fourth-order valence-electron chi connectivity index (χ4n) is 0.900. The normalized spacial score (nSPS) is 11.9. The molecule has 8 heteroatoms. The Bertz CT molecular complexity index is 374.